The van der Waals surface area contributed by atoms with E-state index in [1.54, 1.807) is 18.2 Å². The maximum absolute atomic E-state index is 12.0. The molecule has 0 fully saturated rings. The highest BCUT2D eigenvalue weighted by Gasteiger charge is 2.16. The fraction of sp³-hybridized carbons (Fsp3) is 0.0769. The van der Waals surface area contributed by atoms with Gasteiger partial charge in [-0.05, 0) is 24.3 Å². The van der Waals surface area contributed by atoms with E-state index >= 15 is 0 Å². The summed E-state index contributed by atoms with van der Waals surface area (Å²) < 4.78 is 10.4. The first-order chi connectivity index (χ1) is 9.22. The summed E-state index contributed by atoms with van der Waals surface area (Å²) in [4.78, 5) is 25.4. The first kappa shape index (κ1) is 11.3. The Kier molecular flexibility index (Phi) is 2.68. The van der Waals surface area contributed by atoms with Crippen molar-refractivity contribution >= 4 is 11.6 Å². The highest BCUT2D eigenvalue weighted by atomic mass is 16.7. The molecule has 0 spiro atoms. The molecule has 6 heteroatoms. The molecule has 0 atom stereocenters. The molecule has 1 aliphatic rings. The van der Waals surface area contributed by atoms with Gasteiger partial charge >= 0.3 is 0 Å². The number of hydrogen-bond donors (Lipinski definition) is 2. The highest BCUT2D eigenvalue weighted by Crippen LogP contribution is 2.32. The number of ether oxygens (including phenoxy) is 2. The van der Waals surface area contributed by atoms with Gasteiger partial charge in [-0.1, -0.05) is 0 Å². The molecule has 0 saturated carbocycles. The van der Waals surface area contributed by atoms with E-state index in [9.17, 15) is 9.59 Å². The zero-order valence-corrected chi connectivity index (χ0v) is 9.80. The molecule has 1 aromatic carbocycles. The van der Waals surface area contributed by atoms with E-state index in [-0.39, 0.29) is 18.3 Å². The lowest BCUT2D eigenvalue weighted by molar-refractivity contribution is 0.102. The number of aromatic nitrogens is 1. The summed E-state index contributed by atoms with van der Waals surface area (Å²) in [7, 11) is 0. The number of aromatic amines is 1. The van der Waals surface area contributed by atoms with Crippen molar-refractivity contribution in [3.63, 3.8) is 0 Å². The van der Waals surface area contributed by atoms with Gasteiger partial charge in [0.15, 0.2) is 11.5 Å². The van der Waals surface area contributed by atoms with Crippen molar-refractivity contribution < 1.29 is 14.3 Å². The minimum Gasteiger partial charge on any atom is -0.454 e. The average Bonchev–Trinajstić information content (AvgIpc) is 2.88. The van der Waals surface area contributed by atoms with E-state index in [2.05, 4.69) is 10.3 Å². The smallest absolute Gasteiger partial charge is 0.255 e. The van der Waals surface area contributed by atoms with Crippen molar-refractivity contribution in [1.82, 2.24) is 4.98 Å². The molecule has 96 valence electrons. The Labute approximate surface area is 108 Å². The van der Waals surface area contributed by atoms with Gasteiger partial charge in [-0.3, -0.25) is 9.59 Å². The summed E-state index contributed by atoms with van der Waals surface area (Å²) in [5.74, 6) is 0.889. The number of anilines is 1. The molecule has 0 unspecified atom stereocenters. The van der Waals surface area contributed by atoms with Crippen molar-refractivity contribution in [3.8, 4) is 11.5 Å². The molecule has 6 nitrogen and oxygen atoms in total. The van der Waals surface area contributed by atoms with Gasteiger partial charge in [0, 0.05) is 17.8 Å². The molecule has 2 heterocycles. The molecule has 1 amide bonds. The second kappa shape index (κ2) is 4.49. The third-order valence-corrected chi connectivity index (χ3v) is 2.68. The molecule has 3 rings (SSSR count). The second-order valence-corrected chi connectivity index (χ2v) is 3.96. The van der Waals surface area contributed by atoms with Crippen LogP contribution in [0.5, 0.6) is 11.5 Å². The number of pyridine rings is 1. The molecule has 0 bridgehead atoms. The van der Waals surface area contributed by atoms with Gasteiger partial charge in [0.1, 0.15) is 0 Å². The minimum atomic E-state index is -0.287. The molecule has 1 aliphatic heterocycles. The largest absolute Gasteiger partial charge is 0.454 e. The summed E-state index contributed by atoms with van der Waals surface area (Å²) in [5, 5.41) is 2.67. The first-order valence-electron chi connectivity index (χ1n) is 5.62. The van der Waals surface area contributed by atoms with Crippen LogP contribution in [0.25, 0.3) is 0 Å². The monoisotopic (exact) mass is 258 g/mol. The van der Waals surface area contributed by atoms with Gasteiger partial charge in [0.05, 0.1) is 5.69 Å². The fourth-order valence-corrected chi connectivity index (χ4v) is 1.73. The normalized spacial score (nSPS) is 12.2. The lowest BCUT2D eigenvalue weighted by Crippen LogP contribution is -2.13. The van der Waals surface area contributed by atoms with Gasteiger partial charge in [0.2, 0.25) is 12.4 Å². The molecular weight excluding hydrogens is 248 g/mol. The van der Waals surface area contributed by atoms with Crippen molar-refractivity contribution in [2.24, 2.45) is 0 Å². The number of carbonyl (C=O) groups excluding carboxylic acids is 1. The van der Waals surface area contributed by atoms with Crippen LogP contribution in [-0.2, 0) is 0 Å². The Balaban J connectivity index is 1.80. The topological polar surface area (TPSA) is 80.4 Å². The molecule has 2 aromatic rings. The quantitative estimate of drug-likeness (QED) is 0.852. The van der Waals surface area contributed by atoms with Gasteiger partial charge in [-0.15, -0.1) is 0 Å². The Morgan fingerprint density at radius 2 is 2.00 bits per heavy atom. The number of hydrogen-bond acceptors (Lipinski definition) is 4. The molecule has 0 radical (unpaired) electrons. The number of benzene rings is 1. The van der Waals surface area contributed by atoms with Crippen molar-refractivity contribution in [2.75, 3.05) is 12.1 Å². The third kappa shape index (κ3) is 2.28. The van der Waals surface area contributed by atoms with Gasteiger partial charge < -0.3 is 19.8 Å². The molecule has 1 aromatic heterocycles. The van der Waals surface area contributed by atoms with Gasteiger partial charge in [-0.25, -0.2) is 0 Å². The van der Waals surface area contributed by atoms with Crippen LogP contribution in [0, 0.1) is 0 Å². The van der Waals surface area contributed by atoms with Crippen LogP contribution in [-0.4, -0.2) is 17.7 Å². The Bertz CT molecular complexity index is 673. The van der Waals surface area contributed by atoms with Crippen LogP contribution in [0.4, 0.5) is 5.69 Å². The standard InChI is InChI=1S/C13H10N2O4/c16-12-4-2-9(6-14-12)15-13(17)8-1-3-10-11(5-8)19-7-18-10/h1-6H,7H2,(H,14,16)(H,15,17). The van der Waals surface area contributed by atoms with Gasteiger partial charge in [-0.2, -0.15) is 0 Å². The van der Waals surface area contributed by atoms with Crippen LogP contribution in [0.1, 0.15) is 10.4 Å². The second-order valence-electron chi connectivity index (χ2n) is 3.96. The summed E-state index contributed by atoms with van der Waals surface area (Å²) >= 11 is 0. The Morgan fingerprint density at radius 3 is 2.79 bits per heavy atom. The first-order valence-corrected chi connectivity index (χ1v) is 5.62. The van der Waals surface area contributed by atoms with E-state index in [0.717, 1.165) is 0 Å². The zero-order chi connectivity index (χ0) is 13.2. The van der Waals surface area contributed by atoms with E-state index < -0.39 is 0 Å². The minimum absolute atomic E-state index is 0.167. The van der Waals surface area contributed by atoms with Crippen molar-refractivity contribution in [2.45, 2.75) is 0 Å². The van der Waals surface area contributed by atoms with E-state index in [4.69, 9.17) is 9.47 Å². The van der Waals surface area contributed by atoms with Crippen LogP contribution < -0.4 is 20.3 Å². The summed E-state index contributed by atoms with van der Waals surface area (Å²) in [6.07, 6.45) is 1.44. The van der Waals surface area contributed by atoms with Crippen LogP contribution in [0.3, 0.4) is 0 Å². The Morgan fingerprint density at radius 1 is 1.16 bits per heavy atom. The van der Waals surface area contributed by atoms with Crippen LogP contribution in [0.15, 0.2) is 41.3 Å². The number of fused-ring (bicyclic) bond motifs is 1. The van der Waals surface area contributed by atoms with Gasteiger partial charge in [0.25, 0.3) is 5.91 Å². The van der Waals surface area contributed by atoms with Crippen LogP contribution in [0.2, 0.25) is 0 Å². The zero-order valence-electron chi connectivity index (χ0n) is 9.80. The third-order valence-electron chi connectivity index (χ3n) is 2.68. The number of carbonyl (C=O) groups is 1. The molecule has 19 heavy (non-hydrogen) atoms. The predicted molar refractivity (Wildman–Crippen MR) is 67.6 cm³/mol. The van der Waals surface area contributed by atoms with Crippen LogP contribution >= 0.6 is 0 Å². The van der Waals surface area contributed by atoms with E-state index in [0.29, 0.717) is 22.7 Å². The summed E-state index contributed by atoms with van der Waals surface area (Å²) in [6.45, 7) is 0.167. The number of H-pyrrole nitrogens is 1. The molecular formula is C13H10N2O4. The highest BCUT2D eigenvalue weighted by molar-refractivity contribution is 6.04. The molecule has 0 saturated heterocycles. The molecule has 2 N–H and O–H groups in total. The number of amides is 1. The number of rotatable bonds is 2. The lowest BCUT2D eigenvalue weighted by atomic mass is 10.2. The predicted octanol–water partition coefficient (Wildman–Crippen LogP) is 1.36. The maximum Gasteiger partial charge on any atom is 0.255 e. The lowest BCUT2D eigenvalue weighted by Gasteiger charge is -2.05. The number of nitrogens with one attached hydrogen (secondary N) is 2. The fourth-order valence-electron chi connectivity index (χ4n) is 1.73. The maximum atomic E-state index is 12.0. The van der Waals surface area contributed by atoms with Crippen molar-refractivity contribution in [1.29, 1.82) is 0 Å². The van der Waals surface area contributed by atoms with Crippen molar-refractivity contribution in [3.05, 3.63) is 52.4 Å². The SMILES string of the molecule is O=C(Nc1ccc(=O)[nH]c1)c1ccc2c(c1)OCO2. The average molecular weight is 258 g/mol. The summed E-state index contributed by atoms with van der Waals surface area (Å²) in [6, 6.07) is 7.82. The van der Waals surface area contributed by atoms with E-state index in [1.807, 2.05) is 0 Å². The molecule has 0 aliphatic carbocycles. The Hall–Kier alpha value is -2.76. The summed E-state index contributed by atoms with van der Waals surface area (Å²) in [5.41, 5.74) is 0.749. The van der Waals surface area contributed by atoms with E-state index in [1.165, 1.54) is 18.3 Å².